The van der Waals surface area contributed by atoms with E-state index in [0.29, 0.717) is 13.1 Å². The summed E-state index contributed by atoms with van der Waals surface area (Å²) in [6.45, 7) is 2.29. The predicted octanol–water partition coefficient (Wildman–Crippen LogP) is -0.101. The molecular formula is C13H21N3O3S. The van der Waals surface area contributed by atoms with Gasteiger partial charge in [0.25, 0.3) is 5.56 Å². The molecule has 112 valence electrons. The van der Waals surface area contributed by atoms with Gasteiger partial charge in [0.05, 0.1) is 6.26 Å². The number of rotatable bonds is 4. The highest BCUT2D eigenvalue weighted by Crippen LogP contribution is 2.13. The van der Waals surface area contributed by atoms with Gasteiger partial charge in [-0.15, -0.1) is 0 Å². The summed E-state index contributed by atoms with van der Waals surface area (Å²) in [5.74, 6) is 0. The van der Waals surface area contributed by atoms with E-state index in [0.717, 1.165) is 24.9 Å². The fraction of sp³-hybridized carbons (Fsp3) is 0.615. The number of hydrogen-bond donors (Lipinski definition) is 1. The van der Waals surface area contributed by atoms with Crippen LogP contribution in [0, 0.1) is 0 Å². The Morgan fingerprint density at radius 3 is 2.85 bits per heavy atom. The number of nitrogens with zero attached hydrogens (tertiary/aromatic N) is 2. The van der Waals surface area contributed by atoms with Crippen molar-refractivity contribution in [1.29, 1.82) is 0 Å². The van der Waals surface area contributed by atoms with Crippen LogP contribution in [0.1, 0.15) is 18.4 Å². The van der Waals surface area contributed by atoms with E-state index in [-0.39, 0.29) is 11.6 Å². The Morgan fingerprint density at radius 2 is 2.20 bits per heavy atom. The van der Waals surface area contributed by atoms with Gasteiger partial charge in [-0.1, -0.05) is 0 Å². The highest BCUT2D eigenvalue weighted by molar-refractivity contribution is 7.88. The Kier molecular flexibility index (Phi) is 4.62. The molecule has 2 heterocycles. The Balaban J connectivity index is 1.99. The highest BCUT2D eigenvalue weighted by Gasteiger charge is 2.22. The Hall–Kier alpha value is -1.18. The minimum absolute atomic E-state index is 0.0229. The molecular weight excluding hydrogens is 278 g/mol. The molecule has 1 aromatic rings. The monoisotopic (exact) mass is 299 g/mol. The molecule has 1 unspecified atom stereocenters. The Morgan fingerprint density at radius 1 is 1.45 bits per heavy atom. The molecule has 0 bridgehead atoms. The standard InChI is InChI=1S/C13H21N3O3S/c1-15-7-5-11(8-13(15)17)9-16-6-3-4-12(10-16)14-20(2,18)19/h5,7-8,12,14H,3-4,6,9-10H2,1-2H3. The molecule has 0 aliphatic carbocycles. The average molecular weight is 299 g/mol. The minimum atomic E-state index is -3.16. The molecule has 20 heavy (non-hydrogen) atoms. The van der Waals surface area contributed by atoms with Crippen LogP contribution in [0.2, 0.25) is 0 Å². The van der Waals surface area contributed by atoms with Gasteiger partial charge < -0.3 is 4.57 Å². The van der Waals surface area contributed by atoms with Crippen LogP contribution in [0.5, 0.6) is 0 Å². The summed E-state index contributed by atoms with van der Waals surface area (Å²) < 4.78 is 26.7. The quantitative estimate of drug-likeness (QED) is 0.843. The molecule has 1 N–H and O–H groups in total. The van der Waals surface area contributed by atoms with Crippen molar-refractivity contribution in [3.63, 3.8) is 0 Å². The number of pyridine rings is 1. The number of sulfonamides is 1. The van der Waals surface area contributed by atoms with Gasteiger partial charge in [-0.25, -0.2) is 13.1 Å². The first kappa shape index (κ1) is 15.2. The number of piperidine rings is 1. The second kappa shape index (κ2) is 6.07. The Labute approximate surface area is 119 Å². The maximum atomic E-state index is 11.6. The third-order valence-corrected chi connectivity index (χ3v) is 4.22. The summed E-state index contributed by atoms with van der Waals surface area (Å²) in [7, 11) is -1.44. The number of hydrogen-bond acceptors (Lipinski definition) is 4. The third-order valence-electron chi connectivity index (χ3n) is 3.46. The fourth-order valence-electron chi connectivity index (χ4n) is 2.54. The fourth-order valence-corrected chi connectivity index (χ4v) is 3.34. The molecule has 1 saturated heterocycles. The van der Waals surface area contributed by atoms with Crippen LogP contribution in [0.4, 0.5) is 0 Å². The van der Waals surface area contributed by atoms with Gasteiger partial charge in [-0.3, -0.25) is 9.69 Å². The van der Waals surface area contributed by atoms with E-state index in [1.54, 1.807) is 19.3 Å². The SMILES string of the molecule is Cn1ccc(CN2CCCC(NS(C)(=O)=O)C2)cc1=O. The Bertz CT molecular complexity index is 624. The van der Waals surface area contributed by atoms with Crippen LogP contribution >= 0.6 is 0 Å². The van der Waals surface area contributed by atoms with E-state index >= 15 is 0 Å². The van der Waals surface area contributed by atoms with Gasteiger partial charge in [0, 0.05) is 38.4 Å². The van der Waals surface area contributed by atoms with E-state index in [1.807, 2.05) is 6.07 Å². The number of likely N-dealkylation sites (tertiary alicyclic amines) is 1. The van der Waals surface area contributed by atoms with Gasteiger partial charge in [0.15, 0.2) is 0 Å². The van der Waals surface area contributed by atoms with Gasteiger partial charge in [0.1, 0.15) is 0 Å². The van der Waals surface area contributed by atoms with Crippen LogP contribution in [0.25, 0.3) is 0 Å². The number of nitrogens with one attached hydrogen (secondary N) is 1. The molecule has 0 radical (unpaired) electrons. The van der Waals surface area contributed by atoms with Gasteiger partial charge in [-0.2, -0.15) is 0 Å². The third kappa shape index (κ3) is 4.43. The minimum Gasteiger partial charge on any atom is -0.319 e. The van der Waals surface area contributed by atoms with Crippen molar-refractivity contribution in [1.82, 2.24) is 14.2 Å². The molecule has 2 rings (SSSR count). The average Bonchev–Trinajstić information content (AvgIpc) is 2.32. The van der Waals surface area contributed by atoms with Crippen molar-refractivity contribution in [3.8, 4) is 0 Å². The van der Waals surface area contributed by atoms with E-state index in [2.05, 4.69) is 9.62 Å². The van der Waals surface area contributed by atoms with E-state index < -0.39 is 10.0 Å². The van der Waals surface area contributed by atoms with Gasteiger partial charge in [-0.05, 0) is 31.0 Å². The zero-order chi connectivity index (χ0) is 14.8. The lowest BCUT2D eigenvalue weighted by molar-refractivity contribution is 0.194. The zero-order valence-electron chi connectivity index (χ0n) is 11.9. The number of aryl methyl sites for hydroxylation is 1. The summed E-state index contributed by atoms with van der Waals surface area (Å²) in [4.78, 5) is 13.8. The molecule has 1 atom stereocenters. The molecule has 0 spiro atoms. The second-order valence-corrected chi connectivity index (χ2v) is 7.23. The van der Waals surface area contributed by atoms with Gasteiger partial charge in [0.2, 0.25) is 10.0 Å². The van der Waals surface area contributed by atoms with Crippen molar-refractivity contribution < 1.29 is 8.42 Å². The summed E-state index contributed by atoms with van der Waals surface area (Å²) in [6.07, 6.45) is 4.76. The van der Waals surface area contributed by atoms with Crippen LogP contribution in [-0.4, -0.2) is 43.3 Å². The molecule has 1 aliphatic heterocycles. The molecule has 6 nitrogen and oxygen atoms in total. The van der Waals surface area contributed by atoms with Crippen LogP contribution < -0.4 is 10.3 Å². The summed E-state index contributed by atoms with van der Waals surface area (Å²) in [5.41, 5.74) is 0.943. The molecule has 0 saturated carbocycles. The first-order valence-corrected chi connectivity index (χ1v) is 8.58. The van der Waals surface area contributed by atoms with Crippen LogP contribution in [-0.2, 0) is 23.6 Å². The topological polar surface area (TPSA) is 71.4 Å². The first-order valence-electron chi connectivity index (χ1n) is 6.69. The highest BCUT2D eigenvalue weighted by atomic mass is 32.2. The van der Waals surface area contributed by atoms with Crippen molar-refractivity contribution in [3.05, 3.63) is 34.2 Å². The first-order chi connectivity index (χ1) is 9.33. The van der Waals surface area contributed by atoms with Crippen molar-refractivity contribution >= 4 is 10.0 Å². The van der Waals surface area contributed by atoms with Crippen LogP contribution in [0.3, 0.4) is 0 Å². The maximum absolute atomic E-state index is 11.6. The predicted molar refractivity (Wildman–Crippen MR) is 78.0 cm³/mol. The molecule has 0 aromatic carbocycles. The lowest BCUT2D eigenvalue weighted by atomic mass is 10.1. The van der Waals surface area contributed by atoms with E-state index in [9.17, 15) is 13.2 Å². The van der Waals surface area contributed by atoms with E-state index in [1.165, 1.54) is 10.8 Å². The summed E-state index contributed by atoms with van der Waals surface area (Å²) in [6, 6.07) is 3.52. The lowest BCUT2D eigenvalue weighted by Crippen LogP contribution is -2.47. The number of aromatic nitrogens is 1. The van der Waals surface area contributed by atoms with Crippen molar-refractivity contribution in [2.45, 2.75) is 25.4 Å². The molecule has 1 aliphatic rings. The van der Waals surface area contributed by atoms with Gasteiger partial charge >= 0.3 is 0 Å². The normalized spacial score (nSPS) is 21.0. The van der Waals surface area contributed by atoms with E-state index in [4.69, 9.17) is 0 Å². The van der Waals surface area contributed by atoms with Crippen molar-refractivity contribution in [2.24, 2.45) is 7.05 Å². The molecule has 1 fully saturated rings. The molecule has 0 amide bonds. The summed E-state index contributed by atoms with van der Waals surface area (Å²) >= 11 is 0. The molecule has 7 heteroatoms. The smallest absolute Gasteiger partial charge is 0.250 e. The lowest BCUT2D eigenvalue weighted by Gasteiger charge is -2.32. The second-order valence-electron chi connectivity index (χ2n) is 5.45. The summed E-state index contributed by atoms with van der Waals surface area (Å²) in [5, 5.41) is 0. The molecule has 1 aromatic heterocycles. The maximum Gasteiger partial charge on any atom is 0.250 e. The van der Waals surface area contributed by atoms with Crippen LogP contribution in [0.15, 0.2) is 23.1 Å². The van der Waals surface area contributed by atoms with Crippen molar-refractivity contribution in [2.75, 3.05) is 19.3 Å². The largest absolute Gasteiger partial charge is 0.319 e. The zero-order valence-corrected chi connectivity index (χ0v) is 12.7.